The Kier molecular flexibility index (Phi) is 4.78. The molecule has 8 heteroatoms. The van der Waals surface area contributed by atoms with Gasteiger partial charge in [-0.1, -0.05) is 12.1 Å². The summed E-state index contributed by atoms with van der Waals surface area (Å²) in [6.07, 6.45) is 2.81. The lowest BCUT2D eigenvalue weighted by Gasteiger charge is -2.12. The Morgan fingerprint density at radius 1 is 1.19 bits per heavy atom. The number of pyridine rings is 1. The number of anilines is 1. The zero-order valence-corrected chi connectivity index (χ0v) is 15.7. The van der Waals surface area contributed by atoms with Gasteiger partial charge >= 0.3 is 0 Å². The summed E-state index contributed by atoms with van der Waals surface area (Å²) in [5, 5.41) is 3.75. The molecule has 3 rings (SSSR count). The molecule has 2 aromatic heterocycles. The van der Waals surface area contributed by atoms with Crippen molar-refractivity contribution in [3.05, 3.63) is 46.9 Å². The van der Waals surface area contributed by atoms with Crippen molar-refractivity contribution in [3.63, 3.8) is 0 Å². The van der Waals surface area contributed by atoms with Crippen molar-refractivity contribution in [2.75, 3.05) is 18.1 Å². The summed E-state index contributed by atoms with van der Waals surface area (Å²) in [5.41, 5.74) is 1.31. The molecule has 0 atom stereocenters. The van der Waals surface area contributed by atoms with E-state index in [1.54, 1.807) is 29.0 Å². The Labute approximate surface area is 151 Å². The van der Waals surface area contributed by atoms with Crippen molar-refractivity contribution in [2.45, 2.75) is 25.3 Å². The molecule has 0 amide bonds. The van der Waals surface area contributed by atoms with E-state index in [4.69, 9.17) is 0 Å². The van der Waals surface area contributed by atoms with Gasteiger partial charge in [0.05, 0.1) is 4.90 Å². The number of rotatable bonds is 5. The highest BCUT2D eigenvalue weighted by molar-refractivity contribution is 7.90. The number of aryl methyl sites for hydroxylation is 1. The van der Waals surface area contributed by atoms with Gasteiger partial charge in [-0.05, 0) is 37.6 Å². The first-order valence-corrected chi connectivity index (χ1v) is 10.2. The van der Waals surface area contributed by atoms with Crippen LogP contribution in [0.3, 0.4) is 0 Å². The third-order valence-corrected chi connectivity index (χ3v) is 5.16. The minimum Gasteiger partial charge on any atom is -0.354 e. The van der Waals surface area contributed by atoms with Gasteiger partial charge in [0.25, 0.3) is 5.56 Å². The second kappa shape index (κ2) is 6.87. The van der Waals surface area contributed by atoms with Crippen molar-refractivity contribution >= 4 is 26.8 Å². The van der Waals surface area contributed by atoms with Crippen LogP contribution in [0.15, 0.2) is 46.2 Å². The fraction of sp³-hybridized carbons (Fsp3) is 0.278. The molecule has 0 aliphatic carbocycles. The Balaban J connectivity index is 2.27. The molecule has 0 aliphatic heterocycles. The third kappa shape index (κ3) is 3.32. The first-order valence-electron chi connectivity index (χ1n) is 8.30. The molecule has 1 N–H and O–H groups in total. The van der Waals surface area contributed by atoms with Crippen LogP contribution in [0.2, 0.25) is 0 Å². The van der Waals surface area contributed by atoms with Gasteiger partial charge in [0, 0.05) is 36.5 Å². The zero-order valence-electron chi connectivity index (χ0n) is 14.9. The molecular formula is C18H20N4O3S. The molecular weight excluding hydrogens is 352 g/mol. The number of benzene rings is 1. The summed E-state index contributed by atoms with van der Waals surface area (Å²) in [7, 11) is -3.36. The van der Waals surface area contributed by atoms with E-state index in [2.05, 4.69) is 15.3 Å². The first-order chi connectivity index (χ1) is 12.3. The van der Waals surface area contributed by atoms with Crippen molar-refractivity contribution in [3.8, 4) is 11.1 Å². The molecule has 0 fully saturated rings. The van der Waals surface area contributed by atoms with Crippen LogP contribution in [0.25, 0.3) is 22.2 Å². The molecule has 136 valence electrons. The number of aromatic nitrogens is 3. The molecule has 0 radical (unpaired) electrons. The van der Waals surface area contributed by atoms with E-state index < -0.39 is 9.84 Å². The number of sulfone groups is 1. The molecule has 0 saturated heterocycles. The van der Waals surface area contributed by atoms with E-state index in [1.807, 2.05) is 13.8 Å². The van der Waals surface area contributed by atoms with Gasteiger partial charge in [-0.25, -0.2) is 13.4 Å². The summed E-state index contributed by atoms with van der Waals surface area (Å²) >= 11 is 0. The van der Waals surface area contributed by atoms with Crippen molar-refractivity contribution < 1.29 is 8.42 Å². The number of hydrogen-bond acceptors (Lipinski definition) is 6. The van der Waals surface area contributed by atoms with Gasteiger partial charge in [-0.3, -0.25) is 9.36 Å². The highest BCUT2D eigenvalue weighted by atomic mass is 32.2. The van der Waals surface area contributed by atoms with E-state index in [0.29, 0.717) is 41.2 Å². The van der Waals surface area contributed by atoms with Gasteiger partial charge in [0.2, 0.25) is 5.95 Å². The van der Waals surface area contributed by atoms with Crippen LogP contribution < -0.4 is 10.9 Å². The van der Waals surface area contributed by atoms with Gasteiger partial charge in [-0.15, -0.1) is 0 Å². The van der Waals surface area contributed by atoms with E-state index >= 15 is 0 Å². The van der Waals surface area contributed by atoms with Gasteiger partial charge in [0.1, 0.15) is 5.65 Å². The minimum absolute atomic E-state index is 0.177. The summed E-state index contributed by atoms with van der Waals surface area (Å²) in [6, 6.07) is 8.11. The predicted octanol–water partition coefficient (Wildman–Crippen LogP) is 2.31. The molecule has 3 aromatic rings. The molecule has 0 aliphatic rings. The largest absolute Gasteiger partial charge is 0.354 e. The molecule has 7 nitrogen and oxygen atoms in total. The van der Waals surface area contributed by atoms with Crippen LogP contribution >= 0.6 is 0 Å². The Hall–Kier alpha value is -2.74. The normalized spacial score (nSPS) is 11.7. The van der Waals surface area contributed by atoms with Crippen LogP contribution in [0, 0.1) is 0 Å². The molecule has 1 aromatic carbocycles. The fourth-order valence-electron chi connectivity index (χ4n) is 2.80. The first kappa shape index (κ1) is 18.1. The lowest BCUT2D eigenvalue weighted by molar-refractivity contribution is 0.602. The SMILES string of the molecule is CCNc1ncc2cc(-c3cccc(S(C)(=O)=O)c3)c(=O)n(CC)c2n1. The topological polar surface area (TPSA) is 94.0 Å². The van der Waals surface area contributed by atoms with Crippen molar-refractivity contribution in [1.29, 1.82) is 0 Å². The summed E-state index contributed by atoms with van der Waals surface area (Å²) in [6.45, 7) is 4.93. The van der Waals surface area contributed by atoms with Crippen molar-refractivity contribution in [2.24, 2.45) is 0 Å². The highest BCUT2D eigenvalue weighted by Gasteiger charge is 2.14. The maximum atomic E-state index is 13.0. The quantitative estimate of drug-likeness (QED) is 0.739. The predicted molar refractivity (Wildman–Crippen MR) is 102 cm³/mol. The standard InChI is InChI=1S/C18H20N4O3S/c1-4-19-18-20-11-13-10-15(17(23)22(5-2)16(13)21-18)12-7-6-8-14(9-12)26(3,24)25/h6-11H,4-5H2,1-3H3,(H,19,20,21). The minimum atomic E-state index is -3.36. The van der Waals surface area contributed by atoms with Gasteiger partial charge in [0.15, 0.2) is 9.84 Å². The van der Waals surface area contributed by atoms with Crippen LogP contribution in [-0.4, -0.2) is 35.8 Å². The van der Waals surface area contributed by atoms with Gasteiger partial charge in [-0.2, -0.15) is 4.98 Å². The Morgan fingerprint density at radius 2 is 1.96 bits per heavy atom. The number of nitrogens with zero attached hydrogens (tertiary/aromatic N) is 3. The molecule has 2 heterocycles. The van der Waals surface area contributed by atoms with Crippen LogP contribution in [0.1, 0.15) is 13.8 Å². The average Bonchev–Trinajstić information content (AvgIpc) is 2.61. The molecule has 0 bridgehead atoms. The molecule has 0 spiro atoms. The second-order valence-corrected chi connectivity index (χ2v) is 7.93. The summed E-state index contributed by atoms with van der Waals surface area (Å²) in [5.74, 6) is 0.466. The lowest BCUT2D eigenvalue weighted by atomic mass is 10.1. The zero-order chi connectivity index (χ0) is 18.9. The summed E-state index contributed by atoms with van der Waals surface area (Å²) in [4.78, 5) is 21.8. The molecule has 0 unspecified atom stereocenters. The van der Waals surface area contributed by atoms with Crippen LogP contribution in [0.5, 0.6) is 0 Å². The maximum absolute atomic E-state index is 13.0. The Morgan fingerprint density at radius 3 is 2.62 bits per heavy atom. The van der Waals surface area contributed by atoms with E-state index in [1.165, 1.54) is 12.1 Å². The van der Waals surface area contributed by atoms with Crippen LogP contribution in [0.4, 0.5) is 5.95 Å². The van der Waals surface area contributed by atoms with E-state index in [9.17, 15) is 13.2 Å². The fourth-order valence-corrected chi connectivity index (χ4v) is 3.46. The number of fused-ring (bicyclic) bond motifs is 1. The third-order valence-electron chi connectivity index (χ3n) is 4.05. The van der Waals surface area contributed by atoms with Gasteiger partial charge < -0.3 is 5.32 Å². The highest BCUT2D eigenvalue weighted by Crippen LogP contribution is 2.23. The van der Waals surface area contributed by atoms with Crippen LogP contribution in [-0.2, 0) is 16.4 Å². The van der Waals surface area contributed by atoms with E-state index in [0.717, 1.165) is 6.26 Å². The number of nitrogens with one attached hydrogen (secondary N) is 1. The second-order valence-electron chi connectivity index (χ2n) is 5.91. The lowest BCUT2D eigenvalue weighted by Crippen LogP contribution is -2.22. The molecule has 26 heavy (non-hydrogen) atoms. The monoisotopic (exact) mass is 372 g/mol. The smallest absolute Gasteiger partial charge is 0.260 e. The van der Waals surface area contributed by atoms with E-state index in [-0.39, 0.29) is 10.5 Å². The molecule has 0 saturated carbocycles. The number of hydrogen-bond donors (Lipinski definition) is 1. The Bertz CT molecular complexity index is 1140. The van der Waals surface area contributed by atoms with Crippen molar-refractivity contribution in [1.82, 2.24) is 14.5 Å². The summed E-state index contributed by atoms with van der Waals surface area (Å²) < 4.78 is 25.2. The average molecular weight is 372 g/mol. The maximum Gasteiger partial charge on any atom is 0.260 e.